The summed E-state index contributed by atoms with van der Waals surface area (Å²) in [5.74, 6) is -0.0761. The quantitative estimate of drug-likeness (QED) is 0.733. The second kappa shape index (κ2) is 4.53. The van der Waals surface area contributed by atoms with Gasteiger partial charge < -0.3 is 0 Å². The van der Waals surface area contributed by atoms with Crippen LogP contribution in [-0.2, 0) is 4.79 Å². The summed E-state index contributed by atoms with van der Waals surface area (Å²) in [5, 5.41) is 5.56. The highest BCUT2D eigenvalue weighted by Gasteiger charge is 2.35. The molecule has 0 aliphatic carbocycles. The minimum Gasteiger partial charge on any atom is -0.296 e. The molecular weight excluding hydrogens is 202 g/mol. The first-order chi connectivity index (χ1) is 6.82. The molecule has 0 aromatic carbocycles. The van der Waals surface area contributed by atoms with Crippen LogP contribution >= 0.6 is 0 Å². The minimum atomic E-state index is -2.41. The molecule has 1 aliphatic rings. The second-order valence-corrected chi connectivity index (χ2v) is 4.90. The largest absolute Gasteiger partial charge is 0.296 e. The molecule has 0 aromatic heterocycles. The molecule has 1 rings (SSSR count). The molecule has 88 valence electrons. The Kier molecular flexibility index (Phi) is 3.78. The van der Waals surface area contributed by atoms with Crippen LogP contribution in [0.1, 0.15) is 27.2 Å². The molecule has 2 unspecified atom stereocenters. The number of alkyl halides is 2. The van der Waals surface area contributed by atoms with E-state index < -0.39 is 24.0 Å². The van der Waals surface area contributed by atoms with Crippen molar-refractivity contribution in [2.45, 2.75) is 45.8 Å². The van der Waals surface area contributed by atoms with Gasteiger partial charge in [-0.1, -0.05) is 20.8 Å². The molecule has 1 heterocycles. The van der Waals surface area contributed by atoms with Crippen molar-refractivity contribution >= 4 is 5.78 Å². The number of carbonyl (C=O) groups excluding carboxylic acids is 1. The molecule has 2 N–H and O–H groups in total. The Morgan fingerprint density at radius 1 is 1.40 bits per heavy atom. The monoisotopic (exact) mass is 220 g/mol. The first-order valence-electron chi connectivity index (χ1n) is 5.14. The van der Waals surface area contributed by atoms with Gasteiger partial charge in [0.15, 0.2) is 5.78 Å². The molecule has 1 saturated heterocycles. The van der Waals surface area contributed by atoms with Crippen molar-refractivity contribution in [1.29, 1.82) is 0 Å². The van der Waals surface area contributed by atoms with E-state index in [-0.39, 0.29) is 5.78 Å². The van der Waals surface area contributed by atoms with Gasteiger partial charge >= 0.3 is 0 Å². The van der Waals surface area contributed by atoms with Crippen LogP contribution in [0.4, 0.5) is 8.78 Å². The van der Waals surface area contributed by atoms with Gasteiger partial charge in [0.1, 0.15) is 6.17 Å². The van der Waals surface area contributed by atoms with Crippen LogP contribution < -0.4 is 10.6 Å². The fourth-order valence-electron chi connectivity index (χ4n) is 1.54. The highest BCUT2D eigenvalue weighted by Crippen LogP contribution is 2.18. The van der Waals surface area contributed by atoms with E-state index in [1.807, 2.05) is 0 Å². The number of hydrogen-bond acceptors (Lipinski definition) is 3. The number of halogens is 2. The summed E-state index contributed by atoms with van der Waals surface area (Å²) < 4.78 is 24.9. The minimum absolute atomic E-state index is 0.0761. The van der Waals surface area contributed by atoms with Crippen molar-refractivity contribution in [3.05, 3.63) is 0 Å². The van der Waals surface area contributed by atoms with Crippen molar-refractivity contribution in [3.63, 3.8) is 0 Å². The van der Waals surface area contributed by atoms with Crippen LogP contribution in [-0.4, -0.2) is 31.0 Å². The first kappa shape index (κ1) is 12.5. The average Bonchev–Trinajstić information content (AvgIpc) is 2.15. The Labute approximate surface area is 88.6 Å². The summed E-state index contributed by atoms with van der Waals surface area (Å²) in [7, 11) is 0. The highest BCUT2D eigenvalue weighted by molar-refractivity contribution is 5.88. The molecule has 1 aliphatic heterocycles. The topological polar surface area (TPSA) is 41.1 Å². The summed E-state index contributed by atoms with van der Waals surface area (Å²) in [6.45, 7) is 5.80. The summed E-state index contributed by atoms with van der Waals surface area (Å²) in [5.41, 5.74) is -0.519. The van der Waals surface area contributed by atoms with Gasteiger partial charge in [0.2, 0.25) is 0 Å². The van der Waals surface area contributed by atoms with Crippen LogP contribution in [0, 0.1) is 5.41 Å². The molecule has 0 radical (unpaired) electrons. The zero-order chi connectivity index (χ0) is 11.6. The van der Waals surface area contributed by atoms with Crippen LogP contribution in [0.2, 0.25) is 0 Å². The van der Waals surface area contributed by atoms with Crippen molar-refractivity contribution in [2.75, 3.05) is 6.54 Å². The van der Waals surface area contributed by atoms with Crippen molar-refractivity contribution in [3.8, 4) is 0 Å². The maximum absolute atomic E-state index is 12.5. The molecule has 0 saturated carbocycles. The number of ketones is 1. The van der Waals surface area contributed by atoms with Gasteiger partial charge in [-0.3, -0.25) is 15.4 Å². The van der Waals surface area contributed by atoms with Crippen LogP contribution in [0.25, 0.3) is 0 Å². The van der Waals surface area contributed by atoms with E-state index in [0.29, 0.717) is 13.0 Å². The van der Waals surface area contributed by atoms with Crippen molar-refractivity contribution in [1.82, 2.24) is 10.6 Å². The van der Waals surface area contributed by atoms with E-state index in [1.54, 1.807) is 20.8 Å². The van der Waals surface area contributed by atoms with Gasteiger partial charge in [0.05, 0.1) is 6.04 Å². The third kappa shape index (κ3) is 3.21. The Hall–Kier alpha value is -0.550. The van der Waals surface area contributed by atoms with E-state index >= 15 is 0 Å². The smallest absolute Gasteiger partial charge is 0.253 e. The van der Waals surface area contributed by atoms with Crippen LogP contribution in [0.3, 0.4) is 0 Å². The van der Waals surface area contributed by atoms with Crippen LogP contribution in [0.5, 0.6) is 0 Å². The van der Waals surface area contributed by atoms with Crippen molar-refractivity contribution < 1.29 is 13.6 Å². The lowest BCUT2D eigenvalue weighted by atomic mass is 9.88. The maximum atomic E-state index is 12.5. The standard InChI is InChI=1S/C10H18F2N2O/c1-10(2,3)7(15)9-13-5-4-6(14-9)8(11)12/h6,8-9,13-14H,4-5H2,1-3H3. The van der Waals surface area contributed by atoms with Gasteiger partial charge in [-0.2, -0.15) is 0 Å². The molecule has 1 fully saturated rings. The first-order valence-corrected chi connectivity index (χ1v) is 5.14. The lowest BCUT2D eigenvalue weighted by molar-refractivity contribution is -0.130. The maximum Gasteiger partial charge on any atom is 0.253 e. The Balaban J connectivity index is 2.60. The summed E-state index contributed by atoms with van der Waals surface area (Å²) in [4.78, 5) is 11.8. The summed E-state index contributed by atoms with van der Waals surface area (Å²) in [6.07, 6.45) is -2.70. The summed E-state index contributed by atoms with van der Waals surface area (Å²) in [6, 6.07) is -0.873. The van der Waals surface area contributed by atoms with Crippen molar-refractivity contribution in [2.24, 2.45) is 5.41 Å². The molecule has 0 bridgehead atoms. The van der Waals surface area contributed by atoms with Gasteiger partial charge in [0, 0.05) is 5.41 Å². The predicted octanol–water partition coefficient (Wildman–Crippen LogP) is 1.14. The molecule has 15 heavy (non-hydrogen) atoms. The lowest BCUT2D eigenvalue weighted by Gasteiger charge is -2.34. The molecule has 3 nitrogen and oxygen atoms in total. The van der Waals surface area contributed by atoms with Gasteiger partial charge in [0.25, 0.3) is 6.43 Å². The number of nitrogens with one attached hydrogen (secondary N) is 2. The molecule has 0 amide bonds. The van der Waals surface area contributed by atoms with E-state index in [9.17, 15) is 13.6 Å². The summed E-state index contributed by atoms with van der Waals surface area (Å²) >= 11 is 0. The average molecular weight is 220 g/mol. The number of Topliss-reactive ketones (excluding diaryl/α,β-unsaturated/α-hetero) is 1. The number of hydrogen-bond donors (Lipinski definition) is 2. The van der Waals surface area contributed by atoms with Gasteiger partial charge in [-0.25, -0.2) is 8.78 Å². The Morgan fingerprint density at radius 2 is 2.00 bits per heavy atom. The predicted molar refractivity (Wildman–Crippen MR) is 53.8 cm³/mol. The zero-order valence-electron chi connectivity index (χ0n) is 9.31. The van der Waals surface area contributed by atoms with E-state index in [2.05, 4.69) is 10.6 Å². The Morgan fingerprint density at radius 3 is 2.47 bits per heavy atom. The van der Waals surface area contributed by atoms with E-state index in [0.717, 1.165) is 0 Å². The van der Waals surface area contributed by atoms with Crippen LogP contribution in [0.15, 0.2) is 0 Å². The van der Waals surface area contributed by atoms with Gasteiger partial charge in [-0.05, 0) is 13.0 Å². The zero-order valence-corrected chi connectivity index (χ0v) is 9.31. The second-order valence-electron chi connectivity index (χ2n) is 4.90. The molecule has 2 atom stereocenters. The molecule has 0 spiro atoms. The number of rotatable bonds is 2. The highest BCUT2D eigenvalue weighted by atomic mass is 19.3. The third-order valence-electron chi connectivity index (χ3n) is 2.49. The normalized spacial score (nSPS) is 28.1. The molecule has 0 aromatic rings. The Bertz CT molecular complexity index is 238. The molecular formula is C10H18F2N2O. The SMILES string of the molecule is CC(C)(C)C(=O)C1NCCC(C(F)F)N1. The van der Waals surface area contributed by atoms with Gasteiger partial charge in [-0.15, -0.1) is 0 Å². The van der Waals surface area contributed by atoms with E-state index in [4.69, 9.17) is 0 Å². The lowest BCUT2D eigenvalue weighted by Crippen LogP contribution is -2.61. The number of carbonyl (C=O) groups is 1. The fourth-order valence-corrected chi connectivity index (χ4v) is 1.54. The third-order valence-corrected chi connectivity index (χ3v) is 2.49. The van der Waals surface area contributed by atoms with E-state index in [1.165, 1.54) is 0 Å². The fraction of sp³-hybridized carbons (Fsp3) is 0.900. The molecule has 5 heteroatoms.